The predicted octanol–water partition coefficient (Wildman–Crippen LogP) is 3.26. The van der Waals surface area contributed by atoms with Gasteiger partial charge in [0.15, 0.2) is 5.82 Å². The minimum Gasteiger partial charge on any atom is -0.496 e. The highest BCUT2D eigenvalue weighted by Crippen LogP contribution is 2.36. The summed E-state index contributed by atoms with van der Waals surface area (Å²) in [4.78, 5) is 16.3. The fraction of sp³-hybridized carbons (Fsp3) is 0.429. The van der Waals surface area contributed by atoms with Gasteiger partial charge in [-0.25, -0.2) is 18.1 Å². The van der Waals surface area contributed by atoms with E-state index < -0.39 is 9.84 Å². The molecule has 0 spiro atoms. The predicted molar refractivity (Wildman–Crippen MR) is 154 cm³/mol. The second-order valence-electron chi connectivity index (χ2n) is 10.7. The lowest BCUT2D eigenvalue weighted by molar-refractivity contribution is 0.195. The summed E-state index contributed by atoms with van der Waals surface area (Å²) in [6.07, 6.45) is 7.45. The maximum Gasteiger partial charge on any atom is 0.158 e. The molecule has 1 N–H and O–H groups in total. The molecule has 0 aromatic carbocycles. The fourth-order valence-corrected chi connectivity index (χ4v) is 6.73. The lowest BCUT2D eigenvalue weighted by Gasteiger charge is -2.48. The van der Waals surface area contributed by atoms with Crippen LogP contribution in [0, 0.1) is 12.8 Å². The molecule has 0 aliphatic carbocycles. The van der Waals surface area contributed by atoms with Crippen molar-refractivity contribution < 1.29 is 17.9 Å². The molecule has 6 heterocycles. The normalized spacial score (nSPS) is 21.0. The van der Waals surface area contributed by atoms with Crippen molar-refractivity contribution in [3.05, 3.63) is 48.5 Å². The lowest BCUT2D eigenvalue weighted by atomic mass is 9.91. The summed E-state index contributed by atoms with van der Waals surface area (Å²) in [5.41, 5.74) is 4.18. The quantitative estimate of drug-likeness (QED) is 0.342. The van der Waals surface area contributed by atoms with Crippen molar-refractivity contribution in [2.45, 2.75) is 32.4 Å². The fourth-order valence-electron chi connectivity index (χ4n) is 5.57. The van der Waals surface area contributed by atoms with Gasteiger partial charge in [0.05, 0.1) is 48.5 Å². The van der Waals surface area contributed by atoms with E-state index in [1.807, 2.05) is 42.1 Å². The summed E-state index contributed by atoms with van der Waals surface area (Å²) in [6, 6.07) is 8.09. The molecular formula is C28H33N7O4S. The van der Waals surface area contributed by atoms with Crippen molar-refractivity contribution in [2.24, 2.45) is 5.92 Å². The Hall–Kier alpha value is -3.77. The molecule has 3 atom stereocenters. The van der Waals surface area contributed by atoms with Gasteiger partial charge in [-0.1, -0.05) is 0 Å². The van der Waals surface area contributed by atoms with Crippen molar-refractivity contribution in [1.29, 1.82) is 0 Å². The van der Waals surface area contributed by atoms with Crippen molar-refractivity contribution >= 4 is 32.2 Å². The highest BCUT2D eigenvalue weighted by atomic mass is 32.2. The number of aromatic nitrogens is 5. The number of hydrogen-bond acceptors (Lipinski definition) is 10. The van der Waals surface area contributed by atoms with Crippen LogP contribution in [-0.2, 0) is 14.6 Å². The van der Waals surface area contributed by atoms with E-state index in [9.17, 15) is 8.42 Å². The average Bonchev–Trinajstić information content (AvgIpc) is 3.60. The number of nitrogens with zero attached hydrogens (tertiary/aromatic N) is 6. The van der Waals surface area contributed by atoms with Crippen LogP contribution in [0.3, 0.4) is 0 Å². The van der Waals surface area contributed by atoms with E-state index in [1.165, 1.54) is 6.26 Å². The molecular weight excluding hydrogens is 530 g/mol. The number of anilines is 2. The molecule has 2 saturated heterocycles. The Bertz CT molecular complexity index is 1670. The van der Waals surface area contributed by atoms with Crippen molar-refractivity contribution in [3.63, 3.8) is 0 Å². The zero-order valence-electron chi connectivity index (χ0n) is 23.0. The van der Waals surface area contributed by atoms with E-state index >= 15 is 0 Å². The van der Waals surface area contributed by atoms with Crippen LogP contribution in [0.1, 0.15) is 19.0 Å². The molecule has 0 saturated carbocycles. The monoisotopic (exact) mass is 563 g/mol. The molecule has 11 nitrogen and oxygen atoms in total. The molecule has 40 heavy (non-hydrogen) atoms. The molecule has 0 bridgehead atoms. The molecule has 210 valence electrons. The number of rotatable bonds is 8. The van der Waals surface area contributed by atoms with Crippen LogP contribution >= 0.6 is 0 Å². The molecule has 4 aromatic rings. The van der Waals surface area contributed by atoms with Crippen LogP contribution in [-0.4, -0.2) is 84.1 Å². The van der Waals surface area contributed by atoms with Crippen molar-refractivity contribution in [1.82, 2.24) is 24.7 Å². The van der Waals surface area contributed by atoms with E-state index in [1.54, 1.807) is 19.5 Å². The molecule has 0 unspecified atom stereocenters. The number of pyridine rings is 3. The SMILES string of the molecule is COc1ccncc1-c1cc2c(cnn2-c2cc(N3C[C@H](CS(C)(=O)=O)[C@H]3C)cc(N[C@H]3CCOC3)n2)c(C)n1. The molecule has 12 heteroatoms. The van der Waals surface area contributed by atoms with E-state index in [0.717, 1.165) is 52.4 Å². The van der Waals surface area contributed by atoms with Crippen LogP contribution in [0.25, 0.3) is 28.0 Å². The second-order valence-corrected chi connectivity index (χ2v) is 12.9. The van der Waals surface area contributed by atoms with E-state index in [4.69, 9.17) is 24.5 Å². The van der Waals surface area contributed by atoms with Crippen LogP contribution < -0.4 is 15.0 Å². The Morgan fingerprint density at radius 3 is 2.77 bits per heavy atom. The topological polar surface area (TPSA) is 124 Å². The Labute approximate surface area is 233 Å². The zero-order valence-corrected chi connectivity index (χ0v) is 23.9. The number of fused-ring (bicyclic) bond motifs is 1. The summed E-state index contributed by atoms with van der Waals surface area (Å²) in [5.74, 6) is 2.34. The van der Waals surface area contributed by atoms with Gasteiger partial charge in [-0.2, -0.15) is 5.10 Å². The van der Waals surface area contributed by atoms with Gasteiger partial charge in [0, 0.05) is 72.7 Å². The summed E-state index contributed by atoms with van der Waals surface area (Å²) < 4.78 is 36.8. The number of hydrogen-bond donors (Lipinski definition) is 1. The second kappa shape index (κ2) is 10.3. The van der Waals surface area contributed by atoms with E-state index in [-0.39, 0.29) is 23.8 Å². The first kappa shape index (κ1) is 26.5. The Morgan fingerprint density at radius 1 is 1.20 bits per heavy atom. The van der Waals surface area contributed by atoms with Gasteiger partial charge >= 0.3 is 0 Å². The number of nitrogens with one attached hydrogen (secondary N) is 1. The van der Waals surface area contributed by atoms with Gasteiger partial charge in [0.25, 0.3) is 0 Å². The Morgan fingerprint density at radius 2 is 2.05 bits per heavy atom. The maximum atomic E-state index is 11.9. The molecule has 0 radical (unpaired) electrons. The van der Waals surface area contributed by atoms with Crippen LogP contribution in [0.5, 0.6) is 5.75 Å². The summed E-state index contributed by atoms with van der Waals surface area (Å²) in [6.45, 7) is 6.04. The summed E-state index contributed by atoms with van der Waals surface area (Å²) in [5, 5.41) is 9.17. The Kier molecular flexibility index (Phi) is 6.83. The first-order chi connectivity index (χ1) is 19.2. The van der Waals surface area contributed by atoms with Gasteiger partial charge < -0.3 is 19.7 Å². The summed E-state index contributed by atoms with van der Waals surface area (Å²) in [7, 11) is -1.42. The standard InChI is InChI=1S/C28H33N7O4S/c1-17-22-13-30-35(25(22)11-24(31-17)23-12-29-7-5-26(23)38-3)28-10-21(9-27(33-28)32-20-6-8-39-15-20)34-14-19(18(34)2)16-40(4,36)37/h5,7,9-13,18-20H,6,8,14-16H2,1-4H3,(H,32,33)/t18-,19-,20+/m1/s1. The average molecular weight is 564 g/mol. The van der Waals surface area contributed by atoms with Gasteiger partial charge in [0.2, 0.25) is 0 Å². The lowest BCUT2D eigenvalue weighted by Crippen LogP contribution is -2.57. The third-order valence-electron chi connectivity index (χ3n) is 7.78. The van der Waals surface area contributed by atoms with E-state index in [0.29, 0.717) is 24.7 Å². The first-order valence-electron chi connectivity index (χ1n) is 13.3. The van der Waals surface area contributed by atoms with Crippen molar-refractivity contribution in [3.8, 4) is 22.8 Å². The minimum absolute atomic E-state index is 0.0816. The molecule has 2 aliphatic rings. The van der Waals surface area contributed by atoms with Gasteiger partial charge in [-0.15, -0.1) is 0 Å². The Balaban J connectivity index is 1.42. The molecule has 2 fully saturated rings. The third kappa shape index (κ3) is 5.08. The molecule has 0 amide bonds. The smallest absolute Gasteiger partial charge is 0.158 e. The highest BCUT2D eigenvalue weighted by molar-refractivity contribution is 7.90. The van der Waals surface area contributed by atoms with Crippen LogP contribution in [0.4, 0.5) is 11.5 Å². The maximum absolute atomic E-state index is 11.9. The summed E-state index contributed by atoms with van der Waals surface area (Å²) >= 11 is 0. The van der Waals surface area contributed by atoms with Gasteiger partial charge in [-0.3, -0.25) is 9.97 Å². The highest BCUT2D eigenvalue weighted by Gasteiger charge is 2.38. The first-order valence-corrected chi connectivity index (χ1v) is 15.4. The molecule has 4 aromatic heterocycles. The number of aryl methyl sites for hydroxylation is 1. The third-order valence-corrected chi connectivity index (χ3v) is 8.82. The van der Waals surface area contributed by atoms with E-state index in [2.05, 4.69) is 22.1 Å². The minimum atomic E-state index is -3.05. The largest absolute Gasteiger partial charge is 0.496 e. The van der Waals surface area contributed by atoms with Gasteiger partial charge in [0.1, 0.15) is 21.4 Å². The number of methoxy groups -OCH3 is 1. The van der Waals surface area contributed by atoms with Crippen LogP contribution in [0.2, 0.25) is 0 Å². The van der Waals surface area contributed by atoms with Gasteiger partial charge in [-0.05, 0) is 32.4 Å². The molecule has 6 rings (SSSR count). The molecule has 2 aliphatic heterocycles. The number of sulfone groups is 1. The zero-order chi connectivity index (χ0) is 28.0. The van der Waals surface area contributed by atoms with Crippen LogP contribution in [0.15, 0.2) is 42.9 Å². The van der Waals surface area contributed by atoms with Crippen molar-refractivity contribution in [2.75, 3.05) is 49.1 Å². The number of ether oxygens (including phenoxy) is 2.